The molecular formula is C21H24O. The van der Waals surface area contributed by atoms with E-state index in [1.807, 2.05) is 0 Å². The van der Waals surface area contributed by atoms with Gasteiger partial charge in [0.05, 0.1) is 6.10 Å². The van der Waals surface area contributed by atoms with Crippen LogP contribution in [0.2, 0.25) is 0 Å². The summed E-state index contributed by atoms with van der Waals surface area (Å²) in [6.07, 6.45) is 8.37. The van der Waals surface area contributed by atoms with Crippen LogP contribution in [-0.2, 0) is 10.3 Å². The molecule has 22 heavy (non-hydrogen) atoms. The molecular weight excluding hydrogens is 268 g/mol. The van der Waals surface area contributed by atoms with Gasteiger partial charge in [0.2, 0.25) is 0 Å². The molecule has 0 spiro atoms. The molecule has 2 aromatic rings. The lowest BCUT2D eigenvalue weighted by atomic mass is 9.65. The molecule has 0 unspecified atom stereocenters. The fraction of sp³-hybridized carbons (Fsp3) is 0.429. The van der Waals surface area contributed by atoms with E-state index in [4.69, 9.17) is 4.74 Å². The number of ether oxygens (including phenoxy) is 1. The minimum Gasteiger partial charge on any atom is -0.361 e. The molecule has 0 aromatic heterocycles. The maximum atomic E-state index is 6.64. The molecule has 1 nitrogen and oxygen atoms in total. The van der Waals surface area contributed by atoms with Gasteiger partial charge < -0.3 is 4.74 Å². The van der Waals surface area contributed by atoms with Crippen LogP contribution in [0.1, 0.15) is 49.7 Å². The molecule has 1 aliphatic heterocycles. The average molecular weight is 292 g/mol. The Kier molecular flexibility index (Phi) is 3.75. The molecule has 1 aliphatic carbocycles. The van der Waals surface area contributed by atoms with Gasteiger partial charge in [0, 0.05) is 5.92 Å². The van der Waals surface area contributed by atoms with Crippen LogP contribution >= 0.6 is 0 Å². The number of benzene rings is 2. The third kappa shape index (κ3) is 2.19. The molecule has 1 saturated heterocycles. The highest BCUT2D eigenvalue weighted by molar-refractivity contribution is 5.40. The second-order valence-corrected chi connectivity index (χ2v) is 6.72. The molecule has 1 heterocycles. The van der Waals surface area contributed by atoms with Gasteiger partial charge in [0.25, 0.3) is 0 Å². The van der Waals surface area contributed by atoms with Gasteiger partial charge in [-0.1, -0.05) is 86.3 Å². The van der Waals surface area contributed by atoms with Crippen LogP contribution in [0.4, 0.5) is 0 Å². The summed E-state index contributed by atoms with van der Waals surface area (Å²) in [7, 11) is 0. The van der Waals surface area contributed by atoms with Gasteiger partial charge in [-0.25, -0.2) is 0 Å². The number of hydrogen-bond acceptors (Lipinski definition) is 1. The second-order valence-electron chi connectivity index (χ2n) is 6.72. The van der Waals surface area contributed by atoms with Crippen molar-refractivity contribution < 1.29 is 4.74 Å². The van der Waals surface area contributed by atoms with Crippen LogP contribution in [0.25, 0.3) is 0 Å². The highest BCUT2D eigenvalue weighted by atomic mass is 16.5. The van der Waals surface area contributed by atoms with E-state index in [1.165, 1.54) is 49.7 Å². The molecule has 0 radical (unpaired) electrons. The van der Waals surface area contributed by atoms with Crippen LogP contribution in [0.15, 0.2) is 60.7 Å². The van der Waals surface area contributed by atoms with Crippen molar-refractivity contribution in [2.45, 2.75) is 50.2 Å². The summed E-state index contributed by atoms with van der Waals surface area (Å²) >= 11 is 0. The van der Waals surface area contributed by atoms with E-state index in [9.17, 15) is 0 Å². The first kappa shape index (κ1) is 14.0. The van der Waals surface area contributed by atoms with E-state index in [2.05, 4.69) is 60.7 Å². The van der Waals surface area contributed by atoms with Crippen molar-refractivity contribution in [3.63, 3.8) is 0 Å². The van der Waals surface area contributed by atoms with E-state index in [0.29, 0.717) is 12.0 Å². The Balaban J connectivity index is 1.77. The third-order valence-electron chi connectivity index (χ3n) is 5.47. The Bertz CT molecular complexity index is 565. The zero-order valence-electron chi connectivity index (χ0n) is 13.1. The van der Waals surface area contributed by atoms with Crippen molar-refractivity contribution in [1.82, 2.24) is 0 Å². The highest BCUT2D eigenvalue weighted by Crippen LogP contribution is 2.55. The Morgan fingerprint density at radius 3 is 1.82 bits per heavy atom. The zero-order chi connectivity index (χ0) is 14.8. The molecule has 1 heteroatoms. The minimum absolute atomic E-state index is 0.218. The third-order valence-corrected chi connectivity index (χ3v) is 5.47. The topological polar surface area (TPSA) is 9.23 Å². The Morgan fingerprint density at radius 2 is 1.23 bits per heavy atom. The fourth-order valence-corrected chi connectivity index (χ4v) is 4.41. The van der Waals surface area contributed by atoms with Gasteiger partial charge in [-0.2, -0.15) is 0 Å². The van der Waals surface area contributed by atoms with Crippen molar-refractivity contribution in [2.75, 3.05) is 0 Å². The number of hydrogen-bond donors (Lipinski definition) is 0. The van der Waals surface area contributed by atoms with E-state index in [1.54, 1.807) is 0 Å². The molecule has 0 amide bonds. The summed E-state index contributed by atoms with van der Waals surface area (Å²) in [5.41, 5.74) is 2.43. The van der Waals surface area contributed by atoms with Gasteiger partial charge in [-0.3, -0.25) is 0 Å². The lowest BCUT2D eigenvalue weighted by Crippen LogP contribution is -2.58. The molecule has 0 N–H and O–H groups in total. The fourth-order valence-electron chi connectivity index (χ4n) is 4.41. The first-order valence-corrected chi connectivity index (χ1v) is 8.70. The van der Waals surface area contributed by atoms with E-state index < -0.39 is 0 Å². The Morgan fingerprint density at radius 1 is 0.682 bits per heavy atom. The van der Waals surface area contributed by atoms with Crippen molar-refractivity contribution in [3.05, 3.63) is 71.8 Å². The van der Waals surface area contributed by atoms with Crippen LogP contribution in [-0.4, -0.2) is 6.10 Å². The van der Waals surface area contributed by atoms with Gasteiger partial charge in [-0.05, 0) is 24.0 Å². The van der Waals surface area contributed by atoms with Crippen LogP contribution in [0.3, 0.4) is 0 Å². The largest absolute Gasteiger partial charge is 0.361 e. The summed E-state index contributed by atoms with van der Waals surface area (Å²) in [6.45, 7) is 0. The molecule has 2 aliphatic rings. The van der Waals surface area contributed by atoms with E-state index in [-0.39, 0.29) is 5.60 Å². The zero-order valence-corrected chi connectivity index (χ0v) is 13.1. The monoisotopic (exact) mass is 292 g/mol. The predicted molar refractivity (Wildman–Crippen MR) is 89.7 cm³/mol. The minimum atomic E-state index is -0.218. The van der Waals surface area contributed by atoms with Gasteiger partial charge in [0.15, 0.2) is 0 Å². The SMILES string of the molecule is c1ccc(C2(c3ccccc3)O[C@H]3CCCCCC[C@@H]32)cc1. The van der Waals surface area contributed by atoms with Crippen molar-refractivity contribution in [2.24, 2.45) is 5.92 Å². The van der Waals surface area contributed by atoms with Gasteiger partial charge in [0.1, 0.15) is 5.60 Å². The van der Waals surface area contributed by atoms with Crippen molar-refractivity contribution in [3.8, 4) is 0 Å². The first-order chi connectivity index (χ1) is 10.9. The quantitative estimate of drug-likeness (QED) is 0.730. The lowest BCUT2D eigenvalue weighted by molar-refractivity contribution is -0.252. The molecule has 4 rings (SSSR count). The number of fused-ring (bicyclic) bond motifs is 1. The normalized spacial score (nSPS) is 27.1. The molecule has 2 aromatic carbocycles. The van der Waals surface area contributed by atoms with Crippen LogP contribution in [0, 0.1) is 5.92 Å². The molecule has 1 saturated carbocycles. The van der Waals surface area contributed by atoms with E-state index >= 15 is 0 Å². The van der Waals surface area contributed by atoms with Gasteiger partial charge >= 0.3 is 0 Å². The molecule has 0 bridgehead atoms. The molecule has 2 atom stereocenters. The van der Waals surface area contributed by atoms with Crippen LogP contribution < -0.4 is 0 Å². The highest BCUT2D eigenvalue weighted by Gasteiger charge is 2.56. The summed E-state index contributed by atoms with van der Waals surface area (Å²) in [6, 6.07) is 21.7. The molecule has 2 fully saturated rings. The maximum absolute atomic E-state index is 6.64. The van der Waals surface area contributed by atoms with Crippen LogP contribution in [0.5, 0.6) is 0 Å². The first-order valence-electron chi connectivity index (χ1n) is 8.70. The smallest absolute Gasteiger partial charge is 0.124 e. The van der Waals surface area contributed by atoms with E-state index in [0.717, 1.165) is 0 Å². The standard InChI is InChI=1S/C21H24O/c1-2-10-16-20-19(15-9-1)21(22-20,17-11-5-3-6-12-17)18-13-7-4-8-14-18/h3-8,11-14,19-20H,1-2,9-10,15-16H2/t19-,20-/m0/s1. The Hall–Kier alpha value is -1.60. The maximum Gasteiger partial charge on any atom is 0.124 e. The lowest BCUT2D eigenvalue weighted by Gasteiger charge is -2.56. The summed E-state index contributed by atoms with van der Waals surface area (Å²) in [4.78, 5) is 0. The van der Waals surface area contributed by atoms with Crippen molar-refractivity contribution in [1.29, 1.82) is 0 Å². The number of rotatable bonds is 2. The second kappa shape index (κ2) is 5.89. The van der Waals surface area contributed by atoms with Gasteiger partial charge in [-0.15, -0.1) is 0 Å². The summed E-state index contributed by atoms with van der Waals surface area (Å²) in [5.74, 6) is 0.623. The Labute approximate surface area is 133 Å². The molecule has 114 valence electrons. The predicted octanol–water partition coefficient (Wildman–Crippen LogP) is 5.30. The summed E-state index contributed by atoms with van der Waals surface area (Å²) in [5, 5.41) is 0. The average Bonchev–Trinajstić information content (AvgIpc) is 2.56. The summed E-state index contributed by atoms with van der Waals surface area (Å²) < 4.78 is 6.64. The van der Waals surface area contributed by atoms with Crippen molar-refractivity contribution >= 4 is 0 Å².